The standard InChI is InChI=1S/C17H33NO/c1-3-4-5-8-11-17(2)14-18-13-16(19-17)12-15-9-6-7-10-15/h15-16,18H,3-14H2,1-2H3. The van der Waals surface area contributed by atoms with Gasteiger partial charge in [0, 0.05) is 13.1 Å². The molecule has 0 radical (unpaired) electrons. The molecule has 1 saturated heterocycles. The van der Waals surface area contributed by atoms with E-state index in [1.807, 2.05) is 0 Å². The first kappa shape index (κ1) is 15.3. The molecule has 1 aliphatic carbocycles. The van der Waals surface area contributed by atoms with Gasteiger partial charge in [-0.2, -0.15) is 0 Å². The summed E-state index contributed by atoms with van der Waals surface area (Å²) in [5, 5.41) is 3.62. The van der Waals surface area contributed by atoms with E-state index in [0.29, 0.717) is 6.10 Å². The third-order valence-corrected chi connectivity index (χ3v) is 4.95. The first-order valence-corrected chi connectivity index (χ1v) is 8.60. The first-order chi connectivity index (χ1) is 9.22. The normalized spacial score (nSPS) is 32.8. The van der Waals surface area contributed by atoms with Gasteiger partial charge in [-0.1, -0.05) is 58.3 Å². The van der Waals surface area contributed by atoms with E-state index in [-0.39, 0.29) is 5.60 Å². The Kier molecular flexibility index (Phi) is 6.15. The quantitative estimate of drug-likeness (QED) is 0.695. The molecule has 0 spiro atoms. The van der Waals surface area contributed by atoms with Gasteiger partial charge in [0.1, 0.15) is 0 Å². The molecule has 1 aliphatic heterocycles. The van der Waals surface area contributed by atoms with Gasteiger partial charge in [0.25, 0.3) is 0 Å². The molecule has 19 heavy (non-hydrogen) atoms. The molecule has 0 bridgehead atoms. The molecule has 112 valence electrons. The van der Waals surface area contributed by atoms with Crippen molar-refractivity contribution in [3.63, 3.8) is 0 Å². The van der Waals surface area contributed by atoms with Crippen LogP contribution in [-0.2, 0) is 4.74 Å². The molecule has 2 nitrogen and oxygen atoms in total. The van der Waals surface area contributed by atoms with Gasteiger partial charge in [-0.3, -0.25) is 0 Å². The predicted octanol–water partition coefficient (Wildman–Crippen LogP) is 4.28. The van der Waals surface area contributed by atoms with Gasteiger partial charge >= 0.3 is 0 Å². The summed E-state index contributed by atoms with van der Waals surface area (Å²) in [6.07, 6.45) is 14.1. The van der Waals surface area contributed by atoms with Crippen molar-refractivity contribution in [3.05, 3.63) is 0 Å². The largest absolute Gasteiger partial charge is 0.369 e. The molecular weight excluding hydrogens is 234 g/mol. The predicted molar refractivity (Wildman–Crippen MR) is 81.5 cm³/mol. The third-order valence-electron chi connectivity index (χ3n) is 4.95. The minimum atomic E-state index is 0.0925. The summed E-state index contributed by atoms with van der Waals surface area (Å²) in [5.41, 5.74) is 0.0925. The van der Waals surface area contributed by atoms with Gasteiger partial charge in [-0.25, -0.2) is 0 Å². The lowest BCUT2D eigenvalue weighted by molar-refractivity contribution is -0.116. The average molecular weight is 267 g/mol. The maximum Gasteiger partial charge on any atom is 0.0782 e. The zero-order chi connectivity index (χ0) is 13.6. The van der Waals surface area contributed by atoms with Crippen molar-refractivity contribution in [3.8, 4) is 0 Å². The van der Waals surface area contributed by atoms with Crippen LogP contribution >= 0.6 is 0 Å². The van der Waals surface area contributed by atoms with Crippen LogP contribution in [0.1, 0.15) is 78.1 Å². The van der Waals surface area contributed by atoms with E-state index in [1.54, 1.807) is 0 Å². The highest BCUT2D eigenvalue weighted by molar-refractivity contribution is 4.86. The van der Waals surface area contributed by atoms with Crippen LogP contribution in [0.15, 0.2) is 0 Å². The van der Waals surface area contributed by atoms with E-state index in [4.69, 9.17) is 4.74 Å². The maximum absolute atomic E-state index is 6.45. The van der Waals surface area contributed by atoms with Crippen LogP contribution in [0.25, 0.3) is 0 Å². The van der Waals surface area contributed by atoms with Crippen LogP contribution in [0.2, 0.25) is 0 Å². The number of hydrogen-bond donors (Lipinski definition) is 1. The van der Waals surface area contributed by atoms with Crippen molar-refractivity contribution in [1.29, 1.82) is 0 Å². The lowest BCUT2D eigenvalue weighted by Gasteiger charge is -2.40. The minimum Gasteiger partial charge on any atom is -0.369 e. The molecule has 0 aromatic carbocycles. The first-order valence-electron chi connectivity index (χ1n) is 8.60. The fourth-order valence-corrected chi connectivity index (χ4v) is 3.81. The number of hydrogen-bond acceptors (Lipinski definition) is 2. The molecule has 2 aliphatic rings. The van der Waals surface area contributed by atoms with Crippen molar-refractivity contribution in [2.24, 2.45) is 5.92 Å². The Balaban J connectivity index is 1.71. The molecule has 2 rings (SSSR count). The molecule has 2 heteroatoms. The van der Waals surface area contributed by atoms with Crippen molar-refractivity contribution in [2.75, 3.05) is 13.1 Å². The Morgan fingerprint density at radius 3 is 2.68 bits per heavy atom. The number of nitrogens with one attached hydrogen (secondary N) is 1. The van der Waals surface area contributed by atoms with E-state index in [1.165, 1.54) is 64.2 Å². The molecule has 2 fully saturated rings. The Bertz CT molecular complexity index is 250. The summed E-state index contributed by atoms with van der Waals surface area (Å²) in [4.78, 5) is 0. The average Bonchev–Trinajstić information content (AvgIpc) is 2.88. The Labute approximate surface area is 119 Å². The van der Waals surface area contributed by atoms with Crippen LogP contribution in [0.3, 0.4) is 0 Å². The van der Waals surface area contributed by atoms with E-state index in [9.17, 15) is 0 Å². The summed E-state index contributed by atoms with van der Waals surface area (Å²) in [5.74, 6) is 0.939. The van der Waals surface area contributed by atoms with Gasteiger partial charge in [0.05, 0.1) is 11.7 Å². The zero-order valence-electron chi connectivity index (χ0n) is 13.0. The van der Waals surface area contributed by atoms with Crippen LogP contribution in [0.4, 0.5) is 0 Å². The van der Waals surface area contributed by atoms with Crippen molar-refractivity contribution >= 4 is 0 Å². The highest BCUT2D eigenvalue weighted by Crippen LogP contribution is 2.32. The minimum absolute atomic E-state index is 0.0925. The Morgan fingerprint density at radius 1 is 1.16 bits per heavy atom. The summed E-state index contributed by atoms with van der Waals surface area (Å²) in [6.45, 7) is 6.70. The van der Waals surface area contributed by atoms with E-state index < -0.39 is 0 Å². The second-order valence-corrected chi connectivity index (χ2v) is 7.02. The number of ether oxygens (including phenoxy) is 1. The summed E-state index contributed by atoms with van der Waals surface area (Å²) < 4.78 is 6.45. The van der Waals surface area contributed by atoms with E-state index in [0.717, 1.165) is 19.0 Å². The van der Waals surface area contributed by atoms with Crippen LogP contribution < -0.4 is 5.32 Å². The van der Waals surface area contributed by atoms with Gasteiger partial charge < -0.3 is 10.1 Å². The molecule has 0 amide bonds. The van der Waals surface area contributed by atoms with Crippen LogP contribution in [0, 0.1) is 5.92 Å². The van der Waals surface area contributed by atoms with Crippen LogP contribution in [-0.4, -0.2) is 24.8 Å². The van der Waals surface area contributed by atoms with E-state index >= 15 is 0 Å². The fourth-order valence-electron chi connectivity index (χ4n) is 3.81. The summed E-state index contributed by atoms with van der Waals surface area (Å²) in [7, 11) is 0. The van der Waals surface area contributed by atoms with Gasteiger partial charge in [-0.05, 0) is 25.7 Å². The lowest BCUT2D eigenvalue weighted by atomic mass is 9.93. The second-order valence-electron chi connectivity index (χ2n) is 7.02. The number of rotatable bonds is 7. The van der Waals surface area contributed by atoms with Crippen molar-refractivity contribution in [2.45, 2.75) is 89.8 Å². The van der Waals surface area contributed by atoms with Crippen molar-refractivity contribution < 1.29 is 4.74 Å². The topological polar surface area (TPSA) is 21.3 Å². The Morgan fingerprint density at radius 2 is 1.95 bits per heavy atom. The fraction of sp³-hybridized carbons (Fsp3) is 1.00. The Hall–Kier alpha value is -0.0800. The second kappa shape index (κ2) is 7.64. The van der Waals surface area contributed by atoms with Crippen molar-refractivity contribution in [1.82, 2.24) is 5.32 Å². The lowest BCUT2D eigenvalue weighted by Crippen LogP contribution is -2.52. The zero-order valence-corrected chi connectivity index (χ0v) is 13.0. The van der Waals surface area contributed by atoms with Gasteiger partial charge in [0.15, 0.2) is 0 Å². The van der Waals surface area contributed by atoms with Crippen LogP contribution in [0.5, 0.6) is 0 Å². The highest BCUT2D eigenvalue weighted by atomic mass is 16.5. The SMILES string of the molecule is CCCCCCC1(C)CNCC(CC2CCCC2)O1. The number of unbranched alkanes of at least 4 members (excludes halogenated alkanes) is 3. The maximum atomic E-state index is 6.45. The summed E-state index contributed by atoms with van der Waals surface area (Å²) >= 11 is 0. The highest BCUT2D eigenvalue weighted by Gasteiger charge is 2.33. The number of morpholine rings is 1. The molecule has 0 aromatic rings. The van der Waals surface area contributed by atoms with Gasteiger partial charge in [0.2, 0.25) is 0 Å². The molecule has 1 N–H and O–H groups in total. The molecule has 1 heterocycles. The molecule has 1 saturated carbocycles. The molecular formula is C17H33NO. The smallest absolute Gasteiger partial charge is 0.0782 e. The van der Waals surface area contributed by atoms with E-state index in [2.05, 4.69) is 19.2 Å². The molecule has 2 unspecified atom stereocenters. The van der Waals surface area contributed by atoms with Gasteiger partial charge in [-0.15, -0.1) is 0 Å². The summed E-state index contributed by atoms with van der Waals surface area (Å²) in [6, 6.07) is 0. The molecule has 2 atom stereocenters. The molecule has 0 aromatic heterocycles. The third kappa shape index (κ3) is 5.07. The monoisotopic (exact) mass is 267 g/mol.